The molecule has 8 heteroatoms. The van der Waals surface area contributed by atoms with Crippen LogP contribution in [0.2, 0.25) is 0 Å². The van der Waals surface area contributed by atoms with E-state index in [1.165, 1.54) is 16.7 Å². The van der Waals surface area contributed by atoms with E-state index in [0.717, 1.165) is 0 Å². The monoisotopic (exact) mass is 286 g/mol. The summed E-state index contributed by atoms with van der Waals surface area (Å²) in [7, 11) is 0. The fourth-order valence-electron chi connectivity index (χ4n) is 2.09. The Kier molecular flexibility index (Phi) is 2.90. The average molecular weight is 286 g/mol. The molecule has 1 aromatic carbocycles. The summed E-state index contributed by atoms with van der Waals surface area (Å²) in [5.74, 6) is -0.541. The molecule has 0 unspecified atom stereocenters. The Balaban J connectivity index is 2.03. The summed E-state index contributed by atoms with van der Waals surface area (Å²) in [6, 6.07) is 7.63. The second-order valence-corrected chi connectivity index (χ2v) is 4.43. The van der Waals surface area contributed by atoms with Gasteiger partial charge in [0.05, 0.1) is 11.5 Å². The number of nitrogens with two attached hydrogens (primary N) is 1. The van der Waals surface area contributed by atoms with Crippen molar-refractivity contribution in [3.8, 4) is 0 Å². The van der Waals surface area contributed by atoms with Gasteiger partial charge in [0.2, 0.25) is 0 Å². The summed E-state index contributed by atoms with van der Waals surface area (Å²) in [5, 5.41) is 10.7. The van der Waals surface area contributed by atoms with Crippen molar-refractivity contribution in [2.45, 2.75) is 6.54 Å². The molecule has 0 saturated carbocycles. The van der Waals surface area contributed by atoms with Crippen LogP contribution >= 0.6 is 0 Å². The van der Waals surface area contributed by atoms with E-state index < -0.39 is 10.7 Å². The van der Waals surface area contributed by atoms with Crippen LogP contribution in [0.15, 0.2) is 45.7 Å². The van der Waals surface area contributed by atoms with Crippen molar-refractivity contribution in [2.75, 3.05) is 5.73 Å². The van der Waals surface area contributed by atoms with Gasteiger partial charge in [-0.15, -0.1) is 0 Å². The highest BCUT2D eigenvalue weighted by molar-refractivity contribution is 5.67. The van der Waals surface area contributed by atoms with Crippen LogP contribution in [0.5, 0.6) is 0 Å². The van der Waals surface area contributed by atoms with Gasteiger partial charge in [0.1, 0.15) is 5.69 Å². The lowest BCUT2D eigenvalue weighted by molar-refractivity contribution is -0.383. The number of pyridine rings is 1. The highest BCUT2D eigenvalue weighted by Gasteiger charge is 2.14. The highest BCUT2D eigenvalue weighted by Crippen LogP contribution is 2.22. The molecule has 0 saturated heterocycles. The maximum absolute atomic E-state index is 11.8. The average Bonchev–Trinajstić information content (AvgIpc) is 2.75. The van der Waals surface area contributed by atoms with E-state index in [1.54, 1.807) is 24.4 Å². The predicted molar refractivity (Wildman–Crippen MR) is 74.9 cm³/mol. The van der Waals surface area contributed by atoms with E-state index in [-0.39, 0.29) is 17.9 Å². The van der Waals surface area contributed by atoms with Gasteiger partial charge in [0, 0.05) is 12.3 Å². The minimum absolute atomic E-state index is 0.0475. The minimum Gasteiger partial charge on any atom is -0.406 e. The number of nitro benzene ring substituents is 1. The molecule has 2 aromatic heterocycles. The van der Waals surface area contributed by atoms with E-state index in [2.05, 4.69) is 4.98 Å². The molecule has 0 bridgehead atoms. The normalized spacial score (nSPS) is 10.9. The standard InChI is InChI=1S/C13H10N4O4/c14-9-6-8(3-4-10(9)17(19)20)7-16-12-11(21-13(16)18)2-1-5-15-12/h1-6H,7,14H2. The quantitative estimate of drug-likeness (QED) is 0.443. The molecule has 21 heavy (non-hydrogen) atoms. The summed E-state index contributed by atoms with van der Waals surface area (Å²) in [6.07, 6.45) is 1.55. The van der Waals surface area contributed by atoms with Gasteiger partial charge >= 0.3 is 5.76 Å². The molecule has 0 aliphatic carbocycles. The van der Waals surface area contributed by atoms with Crippen LogP contribution in [0.25, 0.3) is 11.2 Å². The molecule has 0 atom stereocenters. The SMILES string of the molecule is Nc1cc(Cn2c(=O)oc3cccnc32)ccc1[N+](=O)[O-]. The first-order chi connectivity index (χ1) is 10.1. The Hall–Kier alpha value is -3.16. The summed E-state index contributed by atoms with van der Waals surface area (Å²) in [6.45, 7) is 0.172. The zero-order valence-electron chi connectivity index (χ0n) is 10.7. The predicted octanol–water partition coefficient (Wildman–Crippen LogP) is 1.53. The number of nitrogen functional groups attached to an aromatic ring is 1. The molecule has 0 aliphatic rings. The van der Waals surface area contributed by atoms with Crippen LogP contribution in [0.4, 0.5) is 11.4 Å². The Morgan fingerprint density at radius 3 is 2.90 bits per heavy atom. The van der Waals surface area contributed by atoms with Crippen LogP contribution in [0.3, 0.4) is 0 Å². The Morgan fingerprint density at radius 1 is 1.38 bits per heavy atom. The van der Waals surface area contributed by atoms with E-state index in [0.29, 0.717) is 16.8 Å². The van der Waals surface area contributed by atoms with Gasteiger partial charge in [-0.1, -0.05) is 6.07 Å². The molecular weight excluding hydrogens is 276 g/mol. The third kappa shape index (κ3) is 2.22. The van der Waals surface area contributed by atoms with Gasteiger partial charge in [-0.3, -0.25) is 14.7 Å². The molecule has 3 aromatic rings. The summed E-state index contributed by atoms with van der Waals surface area (Å²) in [4.78, 5) is 26.1. The lowest BCUT2D eigenvalue weighted by atomic mass is 10.1. The van der Waals surface area contributed by atoms with Gasteiger partial charge in [-0.2, -0.15) is 0 Å². The molecule has 0 amide bonds. The number of hydrogen-bond donors (Lipinski definition) is 1. The van der Waals surface area contributed by atoms with Crippen molar-refractivity contribution in [2.24, 2.45) is 0 Å². The van der Waals surface area contributed by atoms with Crippen LogP contribution in [0.1, 0.15) is 5.56 Å². The number of fused-ring (bicyclic) bond motifs is 1. The largest absolute Gasteiger partial charge is 0.421 e. The number of rotatable bonds is 3. The maximum atomic E-state index is 11.8. The fourth-order valence-corrected chi connectivity index (χ4v) is 2.09. The van der Waals surface area contributed by atoms with E-state index in [9.17, 15) is 14.9 Å². The Bertz CT molecular complexity index is 897. The molecule has 106 valence electrons. The second-order valence-electron chi connectivity index (χ2n) is 4.43. The lowest BCUT2D eigenvalue weighted by Crippen LogP contribution is -2.15. The molecule has 2 N–H and O–H groups in total. The Morgan fingerprint density at radius 2 is 2.19 bits per heavy atom. The third-order valence-electron chi connectivity index (χ3n) is 3.05. The van der Waals surface area contributed by atoms with Crippen molar-refractivity contribution in [3.05, 3.63) is 62.8 Å². The molecule has 3 rings (SSSR count). The topological polar surface area (TPSA) is 117 Å². The second kappa shape index (κ2) is 4.75. The first kappa shape index (κ1) is 12.9. The van der Waals surface area contributed by atoms with Crippen LogP contribution in [-0.2, 0) is 6.54 Å². The van der Waals surface area contributed by atoms with Gasteiger partial charge in [-0.05, 0) is 23.8 Å². The van der Waals surface area contributed by atoms with Crippen LogP contribution < -0.4 is 11.5 Å². The number of hydrogen-bond acceptors (Lipinski definition) is 6. The molecule has 0 radical (unpaired) electrons. The first-order valence-corrected chi connectivity index (χ1v) is 6.03. The number of nitrogens with zero attached hydrogens (tertiary/aromatic N) is 3. The van der Waals surface area contributed by atoms with Crippen molar-refractivity contribution in [3.63, 3.8) is 0 Å². The van der Waals surface area contributed by atoms with E-state index in [4.69, 9.17) is 10.2 Å². The fraction of sp³-hybridized carbons (Fsp3) is 0.0769. The molecule has 2 heterocycles. The van der Waals surface area contributed by atoms with Gasteiger partial charge in [0.25, 0.3) is 5.69 Å². The van der Waals surface area contributed by atoms with Gasteiger partial charge in [0.15, 0.2) is 11.2 Å². The number of anilines is 1. The first-order valence-electron chi connectivity index (χ1n) is 6.03. The van der Waals surface area contributed by atoms with Crippen molar-refractivity contribution >= 4 is 22.6 Å². The molecular formula is C13H10N4O4. The summed E-state index contributed by atoms with van der Waals surface area (Å²) in [5.41, 5.74) is 6.97. The minimum atomic E-state index is -0.555. The lowest BCUT2D eigenvalue weighted by Gasteiger charge is -2.04. The number of benzene rings is 1. The highest BCUT2D eigenvalue weighted by atomic mass is 16.6. The van der Waals surface area contributed by atoms with Crippen molar-refractivity contribution < 1.29 is 9.34 Å². The Labute approximate surface area is 117 Å². The smallest absolute Gasteiger partial charge is 0.406 e. The zero-order valence-corrected chi connectivity index (χ0v) is 10.7. The van der Waals surface area contributed by atoms with Crippen LogP contribution in [-0.4, -0.2) is 14.5 Å². The molecule has 0 aliphatic heterocycles. The third-order valence-corrected chi connectivity index (χ3v) is 3.05. The van der Waals surface area contributed by atoms with E-state index >= 15 is 0 Å². The molecule has 0 fully saturated rings. The van der Waals surface area contributed by atoms with Gasteiger partial charge in [-0.25, -0.2) is 9.78 Å². The van der Waals surface area contributed by atoms with Crippen LogP contribution in [0, 0.1) is 10.1 Å². The van der Waals surface area contributed by atoms with Crippen molar-refractivity contribution in [1.29, 1.82) is 0 Å². The molecule has 8 nitrogen and oxygen atoms in total. The number of nitro groups is 1. The molecule has 0 spiro atoms. The maximum Gasteiger partial charge on any atom is 0.421 e. The number of aromatic nitrogens is 2. The van der Waals surface area contributed by atoms with Crippen molar-refractivity contribution in [1.82, 2.24) is 9.55 Å². The zero-order chi connectivity index (χ0) is 15.0. The van der Waals surface area contributed by atoms with E-state index in [1.807, 2.05) is 0 Å². The number of oxazole rings is 1. The summed E-state index contributed by atoms with van der Waals surface area (Å²) >= 11 is 0. The summed E-state index contributed by atoms with van der Waals surface area (Å²) < 4.78 is 6.41. The van der Waals surface area contributed by atoms with Gasteiger partial charge < -0.3 is 10.2 Å².